The maximum Gasteiger partial charge on any atom is 0.229 e. The molecule has 0 aliphatic heterocycles. The average Bonchev–Trinajstić information content (AvgIpc) is 3.08. The molecule has 1 aliphatic carbocycles. The zero-order valence-corrected chi connectivity index (χ0v) is 12.6. The van der Waals surface area contributed by atoms with E-state index in [9.17, 15) is 0 Å². The molecule has 1 aliphatic rings. The van der Waals surface area contributed by atoms with Crippen LogP contribution in [0.1, 0.15) is 50.2 Å². The van der Waals surface area contributed by atoms with Gasteiger partial charge in [0, 0.05) is 31.4 Å². The molecule has 0 saturated heterocycles. The van der Waals surface area contributed by atoms with Crippen LogP contribution in [0.5, 0.6) is 0 Å². The predicted octanol–water partition coefficient (Wildman–Crippen LogP) is 2.45. The molecule has 0 unspecified atom stereocenters. The molecule has 21 heavy (non-hydrogen) atoms. The van der Waals surface area contributed by atoms with Crippen LogP contribution >= 0.6 is 0 Å². The van der Waals surface area contributed by atoms with Gasteiger partial charge < -0.3 is 9.09 Å². The Balaban J connectivity index is 1.46. The second-order valence-corrected chi connectivity index (χ2v) is 5.70. The Morgan fingerprint density at radius 1 is 1.43 bits per heavy atom. The molecule has 0 radical (unpaired) electrons. The van der Waals surface area contributed by atoms with Crippen LogP contribution in [0.2, 0.25) is 0 Å². The van der Waals surface area contributed by atoms with Gasteiger partial charge in [-0.1, -0.05) is 18.5 Å². The molecule has 0 aromatic carbocycles. The van der Waals surface area contributed by atoms with Crippen molar-refractivity contribution in [2.24, 2.45) is 0 Å². The van der Waals surface area contributed by atoms with Gasteiger partial charge in [-0.25, -0.2) is 4.98 Å². The smallest absolute Gasteiger partial charge is 0.229 e. The fourth-order valence-corrected chi connectivity index (χ4v) is 2.60. The number of hydrogen-bond acceptors (Lipinski definition) is 5. The standard InChI is InChI=1S/C15H23N5O/c1-2-19(8-4-9-20-10-7-16-12-20)11-14-17-15(21-18-14)13-5-3-6-13/h7,10,12-13H,2-6,8-9,11H2,1H3. The van der Waals surface area contributed by atoms with Gasteiger partial charge in [0.15, 0.2) is 5.82 Å². The lowest BCUT2D eigenvalue weighted by Gasteiger charge is -2.20. The normalized spacial score (nSPS) is 15.5. The molecule has 114 valence electrons. The average molecular weight is 289 g/mol. The Kier molecular flexibility index (Phi) is 4.65. The highest BCUT2D eigenvalue weighted by Crippen LogP contribution is 2.35. The largest absolute Gasteiger partial charge is 0.339 e. The third-order valence-electron chi connectivity index (χ3n) is 4.20. The lowest BCUT2D eigenvalue weighted by Crippen LogP contribution is -2.25. The summed E-state index contributed by atoms with van der Waals surface area (Å²) in [5, 5.41) is 4.12. The monoisotopic (exact) mass is 289 g/mol. The molecule has 0 N–H and O–H groups in total. The van der Waals surface area contributed by atoms with Crippen molar-refractivity contribution in [1.29, 1.82) is 0 Å². The second-order valence-electron chi connectivity index (χ2n) is 5.70. The number of nitrogens with zero attached hydrogens (tertiary/aromatic N) is 5. The summed E-state index contributed by atoms with van der Waals surface area (Å²) in [6.07, 6.45) is 10.5. The summed E-state index contributed by atoms with van der Waals surface area (Å²) in [6, 6.07) is 0. The number of aromatic nitrogens is 4. The molecule has 2 aromatic heterocycles. The van der Waals surface area contributed by atoms with Gasteiger partial charge in [0.25, 0.3) is 0 Å². The number of imidazole rings is 1. The van der Waals surface area contributed by atoms with Gasteiger partial charge in [-0.3, -0.25) is 4.90 Å². The van der Waals surface area contributed by atoms with Gasteiger partial charge in [-0.2, -0.15) is 4.98 Å². The van der Waals surface area contributed by atoms with E-state index in [4.69, 9.17) is 4.52 Å². The summed E-state index contributed by atoms with van der Waals surface area (Å²) in [5.74, 6) is 2.18. The number of rotatable bonds is 8. The van der Waals surface area contributed by atoms with E-state index in [2.05, 4.69) is 31.5 Å². The van der Waals surface area contributed by atoms with E-state index < -0.39 is 0 Å². The van der Waals surface area contributed by atoms with E-state index in [1.807, 2.05) is 18.7 Å². The summed E-state index contributed by atoms with van der Waals surface area (Å²) in [5.41, 5.74) is 0. The minimum Gasteiger partial charge on any atom is -0.339 e. The van der Waals surface area contributed by atoms with Gasteiger partial charge in [-0.15, -0.1) is 0 Å². The van der Waals surface area contributed by atoms with Gasteiger partial charge in [0.2, 0.25) is 5.89 Å². The first kappa shape index (κ1) is 14.3. The summed E-state index contributed by atoms with van der Waals surface area (Å²) in [7, 11) is 0. The fourth-order valence-electron chi connectivity index (χ4n) is 2.60. The van der Waals surface area contributed by atoms with Gasteiger partial charge in [0.1, 0.15) is 0 Å². The van der Waals surface area contributed by atoms with Crippen molar-refractivity contribution in [2.45, 2.75) is 51.6 Å². The molecule has 1 saturated carbocycles. The Bertz CT molecular complexity index is 532. The predicted molar refractivity (Wildman–Crippen MR) is 78.7 cm³/mol. The van der Waals surface area contributed by atoms with Crippen LogP contribution < -0.4 is 0 Å². The molecular weight excluding hydrogens is 266 g/mol. The molecule has 6 nitrogen and oxygen atoms in total. The number of hydrogen-bond donors (Lipinski definition) is 0. The van der Waals surface area contributed by atoms with Gasteiger partial charge in [0.05, 0.1) is 12.9 Å². The van der Waals surface area contributed by atoms with Crippen molar-refractivity contribution in [3.05, 3.63) is 30.4 Å². The zero-order valence-electron chi connectivity index (χ0n) is 12.6. The van der Waals surface area contributed by atoms with Crippen LogP contribution in [-0.4, -0.2) is 37.7 Å². The van der Waals surface area contributed by atoms with Crippen molar-refractivity contribution in [3.8, 4) is 0 Å². The summed E-state index contributed by atoms with van der Waals surface area (Å²) in [4.78, 5) is 11.0. The van der Waals surface area contributed by atoms with Crippen molar-refractivity contribution in [2.75, 3.05) is 13.1 Å². The van der Waals surface area contributed by atoms with Crippen molar-refractivity contribution >= 4 is 0 Å². The minimum absolute atomic E-state index is 0.516. The molecule has 2 heterocycles. The van der Waals surface area contributed by atoms with Crippen molar-refractivity contribution < 1.29 is 4.52 Å². The highest BCUT2D eigenvalue weighted by Gasteiger charge is 2.25. The van der Waals surface area contributed by atoms with Crippen LogP contribution in [-0.2, 0) is 13.1 Å². The zero-order chi connectivity index (χ0) is 14.5. The van der Waals surface area contributed by atoms with E-state index in [0.717, 1.165) is 44.3 Å². The van der Waals surface area contributed by atoms with Crippen LogP contribution in [0.25, 0.3) is 0 Å². The highest BCUT2D eigenvalue weighted by atomic mass is 16.5. The van der Waals surface area contributed by atoms with Crippen LogP contribution in [0.15, 0.2) is 23.2 Å². The molecular formula is C15H23N5O. The van der Waals surface area contributed by atoms with Crippen LogP contribution in [0, 0.1) is 0 Å². The number of aryl methyl sites for hydroxylation is 1. The first-order valence-electron chi connectivity index (χ1n) is 7.85. The second kappa shape index (κ2) is 6.85. The third kappa shape index (κ3) is 3.69. The molecule has 0 atom stereocenters. The Labute approximate surface area is 125 Å². The van der Waals surface area contributed by atoms with E-state index in [-0.39, 0.29) is 0 Å². The molecule has 6 heteroatoms. The SMILES string of the molecule is CCN(CCCn1ccnc1)Cc1noc(C2CCC2)n1. The third-order valence-corrected chi connectivity index (χ3v) is 4.20. The van der Waals surface area contributed by atoms with E-state index in [1.54, 1.807) is 0 Å². The maximum absolute atomic E-state index is 5.38. The minimum atomic E-state index is 0.516. The molecule has 2 aromatic rings. The summed E-state index contributed by atoms with van der Waals surface area (Å²) >= 11 is 0. The molecule has 3 rings (SSSR count). The van der Waals surface area contributed by atoms with Crippen molar-refractivity contribution in [1.82, 2.24) is 24.6 Å². The van der Waals surface area contributed by atoms with Crippen LogP contribution in [0.3, 0.4) is 0 Å². The summed E-state index contributed by atoms with van der Waals surface area (Å²) < 4.78 is 7.49. The van der Waals surface area contributed by atoms with E-state index in [1.165, 1.54) is 19.3 Å². The van der Waals surface area contributed by atoms with Gasteiger partial charge >= 0.3 is 0 Å². The first-order valence-corrected chi connectivity index (χ1v) is 7.85. The molecule has 0 amide bonds. The first-order chi connectivity index (χ1) is 10.3. The quantitative estimate of drug-likeness (QED) is 0.747. The summed E-state index contributed by atoms with van der Waals surface area (Å²) in [6.45, 7) is 5.97. The van der Waals surface area contributed by atoms with E-state index in [0.29, 0.717) is 5.92 Å². The lowest BCUT2D eigenvalue weighted by molar-refractivity contribution is 0.256. The molecule has 0 bridgehead atoms. The maximum atomic E-state index is 5.38. The van der Waals surface area contributed by atoms with Gasteiger partial charge in [-0.05, 0) is 25.8 Å². The fraction of sp³-hybridized carbons (Fsp3) is 0.667. The van der Waals surface area contributed by atoms with E-state index >= 15 is 0 Å². The molecule has 1 fully saturated rings. The van der Waals surface area contributed by atoms with Crippen molar-refractivity contribution in [3.63, 3.8) is 0 Å². The molecule has 0 spiro atoms. The Morgan fingerprint density at radius 2 is 2.33 bits per heavy atom. The topological polar surface area (TPSA) is 60.0 Å². The lowest BCUT2D eigenvalue weighted by atomic mass is 9.85. The Morgan fingerprint density at radius 3 is 3.00 bits per heavy atom. The highest BCUT2D eigenvalue weighted by molar-refractivity contribution is 4.98. The van der Waals surface area contributed by atoms with Crippen LogP contribution in [0.4, 0.5) is 0 Å². The Hall–Kier alpha value is -1.69.